The smallest absolute Gasteiger partial charge is 0.265 e. The molecule has 1 N–H and O–H groups in total. The van der Waals surface area contributed by atoms with Crippen LogP contribution in [-0.4, -0.2) is 17.1 Å². The first kappa shape index (κ1) is 11.4. The monoisotopic (exact) mass is 260 g/mol. The highest BCUT2D eigenvalue weighted by atomic mass is 79.9. The number of H-pyrrole nitrogens is 1. The molecule has 0 radical (unpaired) electrons. The molecule has 0 spiro atoms. The zero-order valence-corrected chi connectivity index (χ0v) is 10.0. The second-order valence-electron chi connectivity index (χ2n) is 3.30. The Morgan fingerprint density at radius 1 is 1.57 bits per heavy atom. The number of hydrogen-bond acceptors (Lipinski definition) is 3. The van der Waals surface area contributed by atoms with Crippen LogP contribution in [0.3, 0.4) is 0 Å². The van der Waals surface area contributed by atoms with E-state index in [9.17, 15) is 4.79 Å². The maximum Gasteiger partial charge on any atom is 0.265 e. The van der Waals surface area contributed by atoms with E-state index >= 15 is 0 Å². The molecule has 0 atom stereocenters. The highest BCUT2D eigenvalue weighted by molar-refractivity contribution is 9.10. The van der Waals surface area contributed by atoms with Gasteiger partial charge in [0.05, 0.1) is 12.3 Å². The molecule has 0 saturated heterocycles. The fourth-order valence-electron chi connectivity index (χ4n) is 1.03. The lowest BCUT2D eigenvalue weighted by Gasteiger charge is -2.07. The summed E-state index contributed by atoms with van der Waals surface area (Å²) >= 11 is 3.18. The Morgan fingerprint density at radius 3 is 2.71 bits per heavy atom. The summed E-state index contributed by atoms with van der Waals surface area (Å²) in [5, 5.41) is 0. The minimum atomic E-state index is -0.157. The third-order valence-electron chi connectivity index (χ3n) is 1.78. The van der Waals surface area contributed by atoms with Crippen molar-refractivity contribution in [3.05, 3.63) is 26.3 Å². The van der Waals surface area contributed by atoms with Gasteiger partial charge in [-0.15, -0.1) is 0 Å². The molecule has 1 aromatic heterocycles. The average Bonchev–Trinajstić information content (AvgIpc) is 2.12. The minimum absolute atomic E-state index is 0.157. The number of methoxy groups -OCH3 is 1. The Morgan fingerprint density at radius 2 is 2.21 bits per heavy atom. The van der Waals surface area contributed by atoms with Gasteiger partial charge < -0.3 is 9.72 Å². The first-order valence-electron chi connectivity index (χ1n) is 4.33. The number of rotatable bonds is 3. The molecule has 0 saturated carbocycles. The second-order valence-corrected chi connectivity index (χ2v) is 4.09. The highest BCUT2D eigenvalue weighted by Crippen LogP contribution is 2.13. The Balaban J connectivity index is 3.21. The molecule has 1 heterocycles. The van der Waals surface area contributed by atoms with E-state index in [1.54, 1.807) is 7.11 Å². The van der Waals surface area contributed by atoms with E-state index in [0.717, 1.165) is 0 Å². The third-order valence-corrected chi connectivity index (χ3v) is 2.60. The molecule has 0 aliphatic heterocycles. The van der Waals surface area contributed by atoms with Gasteiger partial charge in [-0.05, 0) is 15.9 Å². The molecule has 0 aliphatic carbocycles. The van der Waals surface area contributed by atoms with Gasteiger partial charge in [-0.2, -0.15) is 0 Å². The van der Waals surface area contributed by atoms with Crippen molar-refractivity contribution in [3.8, 4) is 0 Å². The number of aromatic amines is 1. The van der Waals surface area contributed by atoms with Crippen LogP contribution in [0.5, 0.6) is 0 Å². The van der Waals surface area contributed by atoms with Gasteiger partial charge >= 0.3 is 0 Å². The van der Waals surface area contributed by atoms with Crippen LogP contribution in [0.4, 0.5) is 0 Å². The van der Waals surface area contributed by atoms with Gasteiger partial charge in [0.2, 0.25) is 0 Å². The van der Waals surface area contributed by atoms with E-state index in [4.69, 9.17) is 4.74 Å². The number of ether oxygens (including phenoxy) is 1. The SMILES string of the molecule is COCc1nc(C(C)C)[nH]c(=O)c1Br. The largest absolute Gasteiger partial charge is 0.378 e. The van der Waals surface area contributed by atoms with Crippen molar-refractivity contribution in [2.24, 2.45) is 0 Å². The van der Waals surface area contributed by atoms with Crippen LogP contribution < -0.4 is 5.56 Å². The van der Waals surface area contributed by atoms with E-state index in [1.165, 1.54) is 0 Å². The summed E-state index contributed by atoms with van der Waals surface area (Å²) in [7, 11) is 1.57. The van der Waals surface area contributed by atoms with Gasteiger partial charge in [0.25, 0.3) is 5.56 Å². The van der Waals surface area contributed by atoms with E-state index in [-0.39, 0.29) is 11.5 Å². The first-order chi connectivity index (χ1) is 6.56. The lowest BCUT2D eigenvalue weighted by molar-refractivity contribution is 0.180. The molecule has 0 aromatic carbocycles. The van der Waals surface area contributed by atoms with Gasteiger partial charge in [-0.1, -0.05) is 13.8 Å². The average molecular weight is 261 g/mol. The summed E-state index contributed by atoms with van der Waals surface area (Å²) < 4.78 is 5.40. The molecule has 0 fully saturated rings. The molecule has 0 aliphatic rings. The van der Waals surface area contributed by atoms with Gasteiger partial charge in [-0.25, -0.2) is 4.98 Å². The molecular formula is C9H13BrN2O2. The van der Waals surface area contributed by atoms with Crippen LogP contribution in [0.15, 0.2) is 9.27 Å². The quantitative estimate of drug-likeness (QED) is 0.902. The normalized spacial score (nSPS) is 10.9. The van der Waals surface area contributed by atoms with Crippen molar-refractivity contribution < 1.29 is 4.74 Å². The molecule has 78 valence electrons. The number of aromatic nitrogens is 2. The summed E-state index contributed by atoms with van der Waals surface area (Å²) in [6.45, 7) is 4.29. The molecule has 1 aromatic rings. The molecule has 5 heteroatoms. The molecule has 0 unspecified atom stereocenters. The maximum absolute atomic E-state index is 11.4. The van der Waals surface area contributed by atoms with Crippen LogP contribution in [0.2, 0.25) is 0 Å². The zero-order chi connectivity index (χ0) is 10.7. The third kappa shape index (κ3) is 2.42. The summed E-state index contributed by atoms with van der Waals surface area (Å²) in [5.41, 5.74) is 0.482. The minimum Gasteiger partial charge on any atom is -0.378 e. The Bertz CT molecular complexity index is 374. The fraction of sp³-hybridized carbons (Fsp3) is 0.556. The van der Waals surface area contributed by atoms with Gasteiger partial charge in [0.1, 0.15) is 10.3 Å². The second kappa shape index (κ2) is 4.70. The van der Waals surface area contributed by atoms with Crippen LogP contribution >= 0.6 is 15.9 Å². The summed E-state index contributed by atoms with van der Waals surface area (Å²) in [6.07, 6.45) is 0. The predicted molar refractivity (Wildman–Crippen MR) is 57.4 cm³/mol. The summed E-state index contributed by atoms with van der Waals surface area (Å²) in [4.78, 5) is 18.4. The van der Waals surface area contributed by atoms with Gasteiger partial charge in [0.15, 0.2) is 0 Å². The molecule has 0 amide bonds. The maximum atomic E-state index is 11.4. The topological polar surface area (TPSA) is 55.0 Å². The van der Waals surface area contributed by atoms with Gasteiger partial charge in [0, 0.05) is 13.0 Å². The van der Waals surface area contributed by atoms with Crippen molar-refractivity contribution in [1.29, 1.82) is 0 Å². The Labute approximate surface area is 90.8 Å². The Kier molecular flexibility index (Phi) is 3.83. The van der Waals surface area contributed by atoms with Crippen LogP contribution in [-0.2, 0) is 11.3 Å². The lowest BCUT2D eigenvalue weighted by Crippen LogP contribution is -2.16. The summed E-state index contributed by atoms with van der Waals surface area (Å²) in [5.74, 6) is 0.886. The molecule has 14 heavy (non-hydrogen) atoms. The zero-order valence-electron chi connectivity index (χ0n) is 8.43. The number of hydrogen-bond donors (Lipinski definition) is 1. The first-order valence-corrected chi connectivity index (χ1v) is 5.13. The predicted octanol–water partition coefficient (Wildman–Crippen LogP) is 1.80. The van der Waals surface area contributed by atoms with Gasteiger partial charge in [-0.3, -0.25) is 4.79 Å². The van der Waals surface area contributed by atoms with E-state index in [2.05, 4.69) is 25.9 Å². The van der Waals surface area contributed by atoms with E-state index < -0.39 is 0 Å². The molecule has 0 bridgehead atoms. The fourth-order valence-corrected chi connectivity index (χ4v) is 1.33. The van der Waals surface area contributed by atoms with Crippen molar-refractivity contribution in [2.75, 3.05) is 7.11 Å². The number of nitrogens with zero attached hydrogens (tertiary/aromatic N) is 1. The van der Waals surface area contributed by atoms with Crippen molar-refractivity contribution in [1.82, 2.24) is 9.97 Å². The molecule has 4 nitrogen and oxygen atoms in total. The molecule has 1 rings (SSSR count). The Hall–Kier alpha value is -0.680. The molecular weight excluding hydrogens is 248 g/mol. The highest BCUT2D eigenvalue weighted by Gasteiger charge is 2.10. The van der Waals surface area contributed by atoms with Crippen LogP contribution in [0, 0.1) is 0 Å². The standard InChI is InChI=1S/C9H13BrN2O2/c1-5(2)8-11-6(4-14-3)7(10)9(13)12-8/h5H,4H2,1-3H3,(H,11,12,13). The number of halogens is 1. The summed E-state index contributed by atoms with van der Waals surface area (Å²) in [6, 6.07) is 0. The van der Waals surface area contributed by atoms with E-state index in [1.807, 2.05) is 13.8 Å². The lowest BCUT2D eigenvalue weighted by atomic mass is 10.2. The van der Waals surface area contributed by atoms with Crippen LogP contribution in [0.1, 0.15) is 31.3 Å². The van der Waals surface area contributed by atoms with E-state index in [0.29, 0.717) is 22.6 Å². The van der Waals surface area contributed by atoms with Crippen LogP contribution in [0.25, 0.3) is 0 Å². The van der Waals surface area contributed by atoms with Crippen molar-refractivity contribution in [3.63, 3.8) is 0 Å². The van der Waals surface area contributed by atoms with Crippen molar-refractivity contribution in [2.45, 2.75) is 26.4 Å². The number of nitrogens with one attached hydrogen (secondary N) is 1. The van der Waals surface area contributed by atoms with Crippen molar-refractivity contribution >= 4 is 15.9 Å².